The zero-order chi connectivity index (χ0) is 8.65. The Morgan fingerprint density at radius 3 is 2.75 bits per heavy atom. The average molecular weight is 179 g/mol. The van der Waals surface area contributed by atoms with E-state index in [2.05, 4.69) is 29.9 Å². The van der Waals surface area contributed by atoms with E-state index in [4.69, 9.17) is 0 Å². The molecular weight excluding hydrogens is 166 g/mol. The first-order valence-electron chi connectivity index (χ1n) is 4.06. The highest BCUT2D eigenvalue weighted by molar-refractivity contribution is 7.97. The lowest BCUT2D eigenvalue weighted by molar-refractivity contribution is 1.19. The van der Waals surface area contributed by atoms with Gasteiger partial charge in [0.25, 0.3) is 0 Å². The minimum atomic E-state index is 1.07. The summed E-state index contributed by atoms with van der Waals surface area (Å²) in [4.78, 5) is 1.23. The van der Waals surface area contributed by atoms with Gasteiger partial charge in [-0.1, -0.05) is 31.2 Å². The van der Waals surface area contributed by atoms with E-state index in [-0.39, 0.29) is 0 Å². The van der Waals surface area contributed by atoms with E-state index in [1.807, 2.05) is 24.4 Å². The van der Waals surface area contributed by atoms with Crippen molar-refractivity contribution in [1.82, 2.24) is 4.72 Å². The highest BCUT2D eigenvalue weighted by atomic mass is 32.2. The second kappa shape index (κ2) is 5.72. The van der Waals surface area contributed by atoms with Crippen molar-refractivity contribution < 1.29 is 0 Å². The third kappa shape index (κ3) is 3.49. The molecular formula is C10H13NS. The van der Waals surface area contributed by atoms with Gasteiger partial charge in [-0.2, -0.15) is 0 Å². The van der Waals surface area contributed by atoms with Crippen LogP contribution in [-0.2, 0) is 0 Å². The molecule has 0 aliphatic carbocycles. The van der Waals surface area contributed by atoms with E-state index in [1.54, 1.807) is 11.9 Å². The Labute approximate surface area is 78.0 Å². The quantitative estimate of drug-likeness (QED) is 0.712. The normalized spacial score (nSPS) is 10.4. The Morgan fingerprint density at radius 2 is 2.08 bits per heavy atom. The lowest BCUT2D eigenvalue weighted by Gasteiger charge is -1.97. The van der Waals surface area contributed by atoms with Crippen molar-refractivity contribution >= 4 is 11.9 Å². The topological polar surface area (TPSA) is 12.0 Å². The monoisotopic (exact) mass is 179 g/mol. The van der Waals surface area contributed by atoms with Crippen LogP contribution in [0, 0.1) is 0 Å². The predicted octanol–water partition coefficient (Wildman–Crippen LogP) is 3.21. The van der Waals surface area contributed by atoms with Gasteiger partial charge in [0.1, 0.15) is 0 Å². The van der Waals surface area contributed by atoms with E-state index in [0.29, 0.717) is 0 Å². The molecule has 0 aliphatic heterocycles. The summed E-state index contributed by atoms with van der Waals surface area (Å²) >= 11 is 1.62. The van der Waals surface area contributed by atoms with Gasteiger partial charge in [-0.25, -0.2) is 0 Å². The number of rotatable bonds is 4. The molecule has 1 aromatic carbocycles. The molecule has 1 rings (SSSR count). The molecule has 0 radical (unpaired) electrons. The van der Waals surface area contributed by atoms with Gasteiger partial charge in [-0.15, -0.1) is 0 Å². The zero-order valence-electron chi connectivity index (χ0n) is 7.16. The number of allylic oxidation sites excluding steroid dienone is 1. The lowest BCUT2D eigenvalue weighted by Crippen LogP contribution is -1.89. The van der Waals surface area contributed by atoms with Gasteiger partial charge in [0.2, 0.25) is 0 Å². The fraction of sp³-hybridized carbons (Fsp3) is 0.200. The third-order valence-corrected chi connectivity index (χ3v) is 2.10. The minimum absolute atomic E-state index is 1.07. The lowest BCUT2D eigenvalue weighted by atomic mass is 10.4. The summed E-state index contributed by atoms with van der Waals surface area (Å²) in [5.41, 5.74) is 0. The maximum atomic E-state index is 3.14. The molecule has 64 valence electrons. The largest absolute Gasteiger partial charge is 0.333 e. The molecule has 0 fully saturated rings. The second-order valence-electron chi connectivity index (χ2n) is 2.34. The highest BCUT2D eigenvalue weighted by Gasteiger charge is 1.86. The van der Waals surface area contributed by atoms with Crippen LogP contribution >= 0.6 is 11.9 Å². The smallest absolute Gasteiger partial charge is 0.0284 e. The summed E-state index contributed by atoms with van der Waals surface area (Å²) in [5, 5.41) is 0. The van der Waals surface area contributed by atoms with E-state index < -0.39 is 0 Å². The maximum Gasteiger partial charge on any atom is 0.0284 e. The maximum absolute atomic E-state index is 3.14. The molecule has 0 aliphatic rings. The summed E-state index contributed by atoms with van der Waals surface area (Å²) < 4.78 is 3.14. The SMILES string of the molecule is CCC=CNSc1ccccc1. The molecule has 0 saturated carbocycles. The first-order chi connectivity index (χ1) is 5.93. The molecule has 0 bridgehead atoms. The molecule has 1 nitrogen and oxygen atoms in total. The number of hydrogen-bond donors (Lipinski definition) is 1. The summed E-state index contributed by atoms with van der Waals surface area (Å²) in [6.45, 7) is 2.12. The summed E-state index contributed by atoms with van der Waals surface area (Å²) in [7, 11) is 0. The van der Waals surface area contributed by atoms with Gasteiger partial charge in [0, 0.05) is 11.1 Å². The molecule has 0 unspecified atom stereocenters. The number of benzene rings is 1. The molecule has 2 heteroatoms. The highest BCUT2D eigenvalue weighted by Crippen LogP contribution is 2.12. The first-order valence-corrected chi connectivity index (χ1v) is 4.87. The van der Waals surface area contributed by atoms with Gasteiger partial charge in [0.15, 0.2) is 0 Å². The molecule has 0 spiro atoms. The molecule has 1 N–H and O–H groups in total. The first kappa shape index (κ1) is 9.20. The van der Waals surface area contributed by atoms with Crippen molar-refractivity contribution in [2.24, 2.45) is 0 Å². The number of nitrogens with one attached hydrogen (secondary N) is 1. The molecule has 0 heterocycles. The van der Waals surface area contributed by atoms with Crippen LogP contribution in [0.5, 0.6) is 0 Å². The van der Waals surface area contributed by atoms with Gasteiger partial charge >= 0.3 is 0 Å². The van der Waals surface area contributed by atoms with Crippen molar-refractivity contribution in [1.29, 1.82) is 0 Å². The Hall–Kier alpha value is -0.890. The van der Waals surface area contributed by atoms with Crippen LogP contribution in [0.1, 0.15) is 13.3 Å². The predicted molar refractivity (Wildman–Crippen MR) is 54.9 cm³/mol. The Balaban J connectivity index is 2.29. The van der Waals surface area contributed by atoms with Gasteiger partial charge < -0.3 is 4.72 Å². The van der Waals surface area contributed by atoms with Crippen LogP contribution in [0.25, 0.3) is 0 Å². The van der Waals surface area contributed by atoms with E-state index in [0.717, 1.165) is 6.42 Å². The van der Waals surface area contributed by atoms with E-state index >= 15 is 0 Å². The van der Waals surface area contributed by atoms with Crippen LogP contribution in [0.4, 0.5) is 0 Å². The summed E-state index contributed by atoms with van der Waals surface area (Å²) in [6.07, 6.45) is 5.13. The standard InChI is InChI=1S/C10H13NS/c1-2-3-9-11-12-10-7-5-4-6-8-10/h3-9,11H,2H2,1H3. The molecule has 1 aromatic rings. The summed E-state index contributed by atoms with van der Waals surface area (Å²) in [5.74, 6) is 0. The van der Waals surface area contributed by atoms with Crippen LogP contribution in [-0.4, -0.2) is 0 Å². The van der Waals surface area contributed by atoms with Crippen LogP contribution in [0.2, 0.25) is 0 Å². The van der Waals surface area contributed by atoms with Crippen LogP contribution < -0.4 is 4.72 Å². The van der Waals surface area contributed by atoms with Crippen molar-refractivity contribution in [3.05, 3.63) is 42.6 Å². The molecule has 0 amide bonds. The molecule has 12 heavy (non-hydrogen) atoms. The Morgan fingerprint density at radius 1 is 1.33 bits per heavy atom. The van der Waals surface area contributed by atoms with E-state index in [1.165, 1.54) is 4.90 Å². The van der Waals surface area contributed by atoms with Crippen molar-refractivity contribution in [3.8, 4) is 0 Å². The third-order valence-electron chi connectivity index (χ3n) is 1.34. The van der Waals surface area contributed by atoms with Crippen LogP contribution in [0.15, 0.2) is 47.5 Å². The molecule has 0 aromatic heterocycles. The zero-order valence-corrected chi connectivity index (χ0v) is 7.97. The van der Waals surface area contributed by atoms with E-state index in [9.17, 15) is 0 Å². The second-order valence-corrected chi connectivity index (χ2v) is 3.25. The van der Waals surface area contributed by atoms with Gasteiger partial charge in [-0.3, -0.25) is 0 Å². The van der Waals surface area contributed by atoms with Crippen molar-refractivity contribution in [2.75, 3.05) is 0 Å². The number of hydrogen-bond acceptors (Lipinski definition) is 2. The Bertz CT molecular complexity index is 231. The minimum Gasteiger partial charge on any atom is -0.333 e. The summed E-state index contributed by atoms with van der Waals surface area (Å²) in [6, 6.07) is 10.3. The van der Waals surface area contributed by atoms with Gasteiger partial charge in [0.05, 0.1) is 0 Å². The molecule has 0 saturated heterocycles. The fourth-order valence-corrected chi connectivity index (χ4v) is 1.35. The molecule has 0 atom stereocenters. The van der Waals surface area contributed by atoms with Crippen molar-refractivity contribution in [2.45, 2.75) is 18.2 Å². The fourth-order valence-electron chi connectivity index (χ4n) is 0.757. The Kier molecular flexibility index (Phi) is 4.39. The van der Waals surface area contributed by atoms with Gasteiger partial charge in [-0.05, 0) is 30.5 Å². The average Bonchev–Trinajstić information content (AvgIpc) is 2.14. The van der Waals surface area contributed by atoms with Crippen LogP contribution in [0.3, 0.4) is 0 Å². The van der Waals surface area contributed by atoms with Crippen molar-refractivity contribution in [3.63, 3.8) is 0 Å².